The third kappa shape index (κ3) is 3.63. The van der Waals surface area contributed by atoms with Gasteiger partial charge in [-0.25, -0.2) is 0 Å². The van der Waals surface area contributed by atoms with Crippen LogP contribution in [0.1, 0.15) is 6.42 Å². The maximum Gasteiger partial charge on any atom is 0.0826 e. The predicted octanol–water partition coefficient (Wildman–Crippen LogP) is 0.660. The van der Waals surface area contributed by atoms with Crippen molar-refractivity contribution in [1.82, 2.24) is 10.2 Å². The summed E-state index contributed by atoms with van der Waals surface area (Å²) in [5, 5.41) is 3.20. The SMILES string of the molecule is CNCC1CN(CC2CCSC2)CCO1. The zero-order valence-electron chi connectivity index (χ0n) is 9.58. The van der Waals surface area contributed by atoms with Gasteiger partial charge in [0.05, 0.1) is 12.7 Å². The van der Waals surface area contributed by atoms with Crippen LogP contribution in [0.3, 0.4) is 0 Å². The summed E-state index contributed by atoms with van der Waals surface area (Å²) in [6.45, 7) is 5.42. The maximum absolute atomic E-state index is 5.70. The molecule has 2 atom stereocenters. The van der Waals surface area contributed by atoms with Crippen molar-refractivity contribution in [3.05, 3.63) is 0 Å². The van der Waals surface area contributed by atoms with Crippen LogP contribution >= 0.6 is 11.8 Å². The van der Waals surface area contributed by atoms with E-state index in [1.165, 1.54) is 24.5 Å². The summed E-state index contributed by atoms with van der Waals surface area (Å²) in [4.78, 5) is 2.59. The molecular formula is C11H22N2OS. The van der Waals surface area contributed by atoms with Crippen LogP contribution in [0.2, 0.25) is 0 Å². The lowest BCUT2D eigenvalue weighted by Crippen LogP contribution is -2.47. The molecule has 2 unspecified atom stereocenters. The maximum atomic E-state index is 5.70. The van der Waals surface area contributed by atoms with Gasteiger partial charge >= 0.3 is 0 Å². The van der Waals surface area contributed by atoms with Crippen molar-refractivity contribution >= 4 is 11.8 Å². The van der Waals surface area contributed by atoms with Gasteiger partial charge in [-0.15, -0.1) is 0 Å². The molecule has 88 valence electrons. The number of ether oxygens (including phenoxy) is 1. The van der Waals surface area contributed by atoms with Gasteiger partial charge in [-0.05, 0) is 30.9 Å². The quantitative estimate of drug-likeness (QED) is 0.767. The Morgan fingerprint density at radius 2 is 2.47 bits per heavy atom. The smallest absolute Gasteiger partial charge is 0.0826 e. The van der Waals surface area contributed by atoms with Crippen molar-refractivity contribution in [1.29, 1.82) is 0 Å². The molecule has 2 fully saturated rings. The second-order valence-corrected chi connectivity index (χ2v) is 5.69. The summed E-state index contributed by atoms with van der Waals surface area (Å²) in [6.07, 6.45) is 1.82. The Balaban J connectivity index is 1.71. The van der Waals surface area contributed by atoms with Crippen molar-refractivity contribution in [2.24, 2.45) is 5.92 Å². The molecule has 2 rings (SSSR count). The molecule has 0 bridgehead atoms. The van der Waals surface area contributed by atoms with Crippen molar-refractivity contribution in [3.8, 4) is 0 Å². The van der Waals surface area contributed by atoms with E-state index >= 15 is 0 Å². The highest BCUT2D eigenvalue weighted by Gasteiger charge is 2.24. The molecule has 4 heteroatoms. The fraction of sp³-hybridized carbons (Fsp3) is 1.00. The lowest BCUT2D eigenvalue weighted by Gasteiger charge is -2.34. The van der Waals surface area contributed by atoms with E-state index in [1.807, 2.05) is 7.05 Å². The summed E-state index contributed by atoms with van der Waals surface area (Å²) in [5.74, 6) is 3.67. The highest BCUT2D eigenvalue weighted by molar-refractivity contribution is 7.99. The van der Waals surface area contributed by atoms with Gasteiger partial charge in [-0.1, -0.05) is 0 Å². The zero-order valence-corrected chi connectivity index (χ0v) is 10.4. The fourth-order valence-corrected chi connectivity index (χ4v) is 3.66. The molecule has 0 aromatic heterocycles. The van der Waals surface area contributed by atoms with E-state index < -0.39 is 0 Å². The van der Waals surface area contributed by atoms with Crippen molar-refractivity contribution in [3.63, 3.8) is 0 Å². The number of nitrogens with one attached hydrogen (secondary N) is 1. The average Bonchev–Trinajstić information content (AvgIpc) is 2.71. The van der Waals surface area contributed by atoms with Crippen LogP contribution in [0.25, 0.3) is 0 Å². The number of likely N-dealkylation sites (N-methyl/N-ethyl adjacent to an activating group) is 1. The summed E-state index contributed by atoms with van der Waals surface area (Å²) < 4.78 is 5.70. The summed E-state index contributed by atoms with van der Waals surface area (Å²) >= 11 is 2.11. The number of rotatable bonds is 4. The molecule has 15 heavy (non-hydrogen) atoms. The van der Waals surface area contributed by atoms with Crippen molar-refractivity contribution in [2.75, 3.05) is 51.3 Å². The molecular weight excluding hydrogens is 208 g/mol. The Morgan fingerprint density at radius 3 is 3.20 bits per heavy atom. The first-order valence-corrected chi connectivity index (χ1v) is 7.10. The summed E-state index contributed by atoms with van der Waals surface area (Å²) in [5.41, 5.74) is 0. The van der Waals surface area contributed by atoms with Gasteiger partial charge in [0.15, 0.2) is 0 Å². The first-order valence-electron chi connectivity index (χ1n) is 5.95. The van der Waals surface area contributed by atoms with Gasteiger partial charge in [-0.3, -0.25) is 4.90 Å². The third-order valence-corrected chi connectivity index (χ3v) is 4.43. The number of morpholine rings is 1. The second-order valence-electron chi connectivity index (χ2n) is 4.54. The van der Waals surface area contributed by atoms with Crippen LogP contribution in [-0.4, -0.2) is 62.3 Å². The number of thioether (sulfide) groups is 1. The fourth-order valence-electron chi connectivity index (χ4n) is 2.39. The van der Waals surface area contributed by atoms with Crippen LogP contribution in [0.15, 0.2) is 0 Å². The first-order chi connectivity index (χ1) is 7.38. The Hall–Kier alpha value is 0.230. The van der Waals surface area contributed by atoms with E-state index in [9.17, 15) is 0 Å². The van der Waals surface area contributed by atoms with Crippen LogP contribution < -0.4 is 5.32 Å². The van der Waals surface area contributed by atoms with Crippen LogP contribution in [0.4, 0.5) is 0 Å². The van der Waals surface area contributed by atoms with Crippen molar-refractivity contribution < 1.29 is 4.74 Å². The molecule has 0 spiro atoms. The highest BCUT2D eigenvalue weighted by atomic mass is 32.2. The minimum Gasteiger partial charge on any atom is -0.374 e. The molecule has 2 aliphatic heterocycles. The van der Waals surface area contributed by atoms with E-state index in [2.05, 4.69) is 22.0 Å². The monoisotopic (exact) mass is 230 g/mol. The van der Waals surface area contributed by atoms with E-state index in [-0.39, 0.29) is 0 Å². The third-order valence-electron chi connectivity index (χ3n) is 3.20. The molecule has 1 N–H and O–H groups in total. The van der Waals surface area contributed by atoms with Crippen LogP contribution in [0, 0.1) is 5.92 Å². The Bertz CT molecular complexity index is 183. The lowest BCUT2D eigenvalue weighted by atomic mass is 10.1. The largest absolute Gasteiger partial charge is 0.374 e. The molecule has 0 radical (unpaired) electrons. The summed E-state index contributed by atoms with van der Waals surface area (Å²) in [7, 11) is 2.00. The van der Waals surface area contributed by atoms with E-state index in [1.54, 1.807) is 0 Å². The van der Waals surface area contributed by atoms with E-state index in [0.717, 1.165) is 32.2 Å². The predicted molar refractivity (Wildman–Crippen MR) is 65.5 cm³/mol. The molecule has 2 aliphatic rings. The second kappa shape index (κ2) is 6.09. The Kier molecular flexibility index (Phi) is 4.75. The minimum atomic E-state index is 0.401. The Morgan fingerprint density at radius 1 is 1.53 bits per heavy atom. The number of hydrogen-bond acceptors (Lipinski definition) is 4. The number of hydrogen-bond donors (Lipinski definition) is 1. The van der Waals surface area contributed by atoms with Gasteiger partial charge in [0.1, 0.15) is 0 Å². The van der Waals surface area contributed by atoms with E-state index in [4.69, 9.17) is 4.74 Å². The molecule has 0 saturated carbocycles. The Labute approximate surface area is 96.9 Å². The molecule has 3 nitrogen and oxygen atoms in total. The summed E-state index contributed by atoms with van der Waals surface area (Å²) in [6, 6.07) is 0. The first kappa shape index (κ1) is 11.7. The molecule has 0 amide bonds. The topological polar surface area (TPSA) is 24.5 Å². The van der Waals surface area contributed by atoms with Crippen molar-refractivity contribution in [2.45, 2.75) is 12.5 Å². The van der Waals surface area contributed by atoms with Crippen LogP contribution in [-0.2, 0) is 4.74 Å². The standard InChI is InChI=1S/C11H22N2OS/c1-12-6-11-8-13(3-4-14-11)7-10-2-5-15-9-10/h10-12H,2-9H2,1H3. The number of nitrogens with zero attached hydrogens (tertiary/aromatic N) is 1. The average molecular weight is 230 g/mol. The molecule has 2 saturated heterocycles. The molecule has 0 aromatic rings. The molecule has 0 aromatic carbocycles. The zero-order chi connectivity index (χ0) is 10.5. The molecule has 2 heterocycles. The highest BCUT2D eigenvalue weighted by Crippen LogP contribution is 2.24. The van der Waals surface area contributed by atoms with Gasteiger partial charge in [-0.2, -0.15) is 11.8 Å². The van der Waals surface area contributed by atoms with Gasteiger partial charge in [0.2, 0.25) is 0 Å². The lowest BCUT2D eigenvalue weighted by molar-refractivity contribution is -0.0298. The van der Waals surface area contributed by atoms with E-state index in [0.29, 0.717) is 6.10 Å². The van der Waals surface area contributed by atoms with Gasteiger partial charge in [0, 0.05) is 26.2 Å². The van der Waals surface area contributed by atoms with Crippen LogP contribution in [0.5, 0.6) is 0 Å². The normalized spacial score (nSPS) is 33.4. The van der Waals surface area contributed by atoms with Gasteiger partial charge < -0.3 is 10.1 Å². The minimum absolute atomic E-state index is 0.401. The van der Waals surface area contributed by atoms with Gasteiger partial charge in [0.25, 0.3) is 0 Å². The molecule has 0 aliphatic carbocycles.